The average molecular weight is 255 g/mol. The lowest BCUT2D eigenvalue weighted by Crippen LogP contribution is -2.50. The minimum absolute atomic E-state index is 0.346. The monoisotopic (exact) mass is 255 g/mol. The van der Waals surface area contributed by atoms with Gasteiger partial charge in [0.05, 0.1) is 18.8 Å². The Morgan fingerprint density at radius 3 is 2.78 bits per heavy atom. The Morgan fingerprint density at radius 2 is 2.11 bits per heavy atom. The SMILES string of the molecule is CCNC1CC(C)CC(C)C1OCC1CCCO1. The molecule has 2 aliphatic rings. The lowest BCUT2D eigenvalue weighted by atomic mass is 9.78. The summed E-state index contributed by atoms with van der Waals surface area (Å²) in [6, 6.07) is 0.523. The number of hydrogen-bond donors (Lipinski definition) is 1. The Morgan fingerprint density at radius 1 is 1.28 bits per heavy atom. The third kappa shape index (κ3) is 3.69. The molecule has 0 aromatic rings. The normalized spacial score (nSPS) is 41.2. The van der Waals surface area contributed by atoms with Crippen molar-refractivity contribution in [3.05, 3.63) is 0 Å². The van der Waals surface area contributed by atoms with E-state index >= 15 is 0 Å². The molecule has 1 aliphatic carbocycles. The van der Waals surface area contributed by atoms with Crippen LogP contribution < -0.4 is 5.32 Å². The molecule has 0 aromatic heterocycles. The second-order valence-corrected chi connectivity index (χ2v) is 6.15. The molecule has 18 heavy (non-hydrogen) atoms. The maximum Gasteiger partial charge on any atom is 0.0809 e. The van der Waals surface area contributed by atoms with E-state index < -0.39 is 0 Å². The van der Waals surface area contributed by atoms with Crippen molar-refractivity contribution in [1.82, 2.24) is 5.32 Å². The first-order valence-corrected chi connectivity index (χ1v) is 7.67. The lowest BCUT2D eigenvalue weighted by Gasteiger charge is -2.40. The summed E-state index contributed by atoms with van der Waals surface area (Å²) in [6.45, 7) is 9.61. The predicted molar refractivity (Wildman–Crippen MR) is 73.7 cm³/mol. The van der Waals surface area contributed by atoms with E-state index in [1.54, 1.807) is 0 Å². The van der Waals surface area contributed by atoms with Crippen LogP contribution in [0.15, 0.2) is 0 Å². The van der Waals surface area contributed by atoms with E-state index in [1.807, 2.05) is 0 Å². The number of rotatable bonds is 5. The van der Waals surface area contributed by atoms with Gasteiger partial charge in [0.1, 0.15) is 0 Å². The summed E-state index contributed by atoms with van der Waals surface area (Å²) < 4.78 is 11.9. The maximum absolute atomic E-state index is 6.21. The summed E-state index contributed by atoms with van der Waals surface area (Å²) in [5, 5.41) is 3.60. The highest BCUT2D eigenvalue weighted by molar-refractivity contribution is 4.88. The van der Waals surface area contributed by atoms with E-state index in [9.17, 15) is 0 Å². The van der Waals surface area contributed by atoms with E-state index in [1.165, 1.54) is 25.7 Å². The molecule has 3 heteroatoms. The standard InChI is InChI=1S/C15H29NO2/c1-4-16-14-9-11(2)8-12(3)15(14)18-10-13-6-5-7-17-13/h11-16H,4-10H2,1-3H3. The van der Waals surface area contributed by atoms with Gasteiger partial charge in [0.2, 0.25) is 0 Å². The molecule has 2 fully saturated rings. The third-order valence-electron chi connectivity index (χ3n) is 4.35. The molecule has 5 atom stereocenters. The molecule has 0 amide bonds. The Hall–Kier alpha value is -0.120. The van der Waals surface area contributed by atoms with E-state index in [2.05, 4.69) is 26.1 Å². The number of ether oxygens (including phenoxy) is 2. The predicted octanol–water partition coefficient (Wildman–Crippen LogP) is 2.59. The van der Waals surface area contributed by atoms with E-state index in [-0.39, 0.29) is 0 Å². The molecule has 1 saturated heterocycles. The van der Waals surface area contributed by atoms with Crippen LogP contribution in [0.1, 0.15) is 46.5 Å². The van der Waals surface area contributed by atoms with Crippen molar-refractivity contribution in [1.29, 1.82) is 0 Å². The molecular weight excluding hydrogens is 226 g/mol. The fourth-order valence-electron chi connectivity index (χ4n) is 3.57. The maximum atomic E-state index is 6.21. The highest BCUT2D eigenvalue weighted by atomic mass is 16.5. The fourth-order valence-corrected chi connectivity index (χ4v) is 3.57. The molecule has 3 nitrogen and oxygen atoms in total. The molecule has 1 N–H and O–H groups in total. The Balaban J connectivity index is 1.85. The van der Waals surface area contributed by atoms with Gasteiger partial charge in [-0.05, 0) is 44.1 Å². The van der Waals surface area contributed by atoms with Crippen LogP contribution in [0.3, 0.4) is 0 Å². The van der Waals surface area contributed by atoms with Crippen molar-refractivity contribution in [3.8, 4) is 0 Å². The molecule has 1 heterocycles. The summed E-state index contributed by atoms with van der Waals surface area (Å²) in [7, 11) is 0. The summed E-state index contributed by atoms with van der Waals surface area (Å²) in [4.78, 5) is 0. The van der Waals surface area contributed by atoms with Gasteiger partial charge < -0.3 is 14.8 Å². The van der Waals surface area contributed by atoms with E-state index in [0.29, 0.717) is 24.2 Å². The Bertz CT molecular complexity index is 241. The van der Waals surface area contributed by atoms with Crippen LogP contribution in [-0.2, 0) is 9.47 Å². The molecule has 1 saturated carbocycles. The summed E-state index contributed by atoms with van der Waals surface area (Å²) in [6.07, 6.45) is 5.61. The van der Waals surface area contributed by atoms with Gasteiger partial charge in [-0.25, -0.2) is 0 Å². The second-order valence-electron chi connectivity index (χ2n) is 6.15. The topological polar surface area (TPSA) is 30.5 Å². The van der Waals surface area contributed by atoms with Gasteiger partial charge in [0, 0.05) is 12.6 Å². The molecule has 5 unspecified atom stereocenters. The lowest BCUT2D eigenvalue weighted by molar-refractivity contribution is -0.0726. The van der Waals surface area contributed by atoms with Gasteiger partial charge in [-0.15, -0.1) is 0 Å². The van der Waals surface area contributed by atoms with Crippen molar-refractivity contribution in [2.45, 2.75) is 64.7 Å². The van der Waals surface area contributed by atoms with Gasteiger partial charge in [-0.1, -0.05) is 20.8 Å². The van der Waals surface area contributed by atoms with E-state index in [4.69, 9.17) is 9.47 Å². The number of nitrogens with one attached hydrogen (secondary N) is 1. The van der Waals surface area contributed by atoms with Crippen molar-refractivity contribution in [2.75, 3.05) is 19.8 Å². The van der Waals surface area contributed by atoms with Gasteiger partial charge in [-0.3, -0.25) is 0 Å². The van der Waals surface area contributed by atoms with Gasteiger partial charge in [0.15, 0.2) is 0 Å². The van der Waals surface area contributed by atoms with Crippen LogP contribution in [0.25, 0.3) is 0 Å². The van der Waals surface area contributed by atoms with Crippen LogP contribution in [0.2, 0.25) is 0 Å². The van der Waals surface area contributed by atoms with E-state index in [0.717, 1.165) is 25.7 Å². The molecular formula is C15H29NO2. The van der Waals surface area contributed by atoms with Crippen molar-refractivity contribution in [3.63, 3.8) is 0 Å². The number of hydrogen-bond acceptors (Lipinski definition) is 3. The van der Waals surface area contributed by atoms with Crippen LogP contribution in [0.4, 0.5) is 0 Å². The average Bonchev–Trinajstić information content (AvgIpc) is 2.81. The van der Waals surface area contributed by atoms with Gasteiger partial charge >= 0.3 is 0 Å². The second kappa shape index (κ2) is 6.88. The Kier molecular flexibility index (Phi) is 5.46. The highest BCUT2D eigenvalue weighted by Gasteiger charge is 2.34. The summed E-state index contributed by atoms with van der Waals surface area (Å²) in [5.74, 6) is 1.46. The quantitative estimate of drug-likeness (QED) is 0.819. The largest absolute Gasteiger partial charge is 0.376 e. The molecule has 0 spiro atoms. The zero-order chi connectivity index (χ0) is 13.0. The molecule has 0 aromatic carbocycles. The molecule has 106 valence electrons. The fraction of sp³-hybridized carbons (Fsp3) is 1.00. The third-order valence-corrected chi connectivity index (χ3v) is 4.35. The van der Waals surface area contributed by atoms with Gasteiger partial charge in [0.25, 0.3) is 0 Å². The Labute approximate surface area is 112 Å². The first-order chi connectivity index (χ1) is 8.70. The molecule has 0 bridgehead atoms. The highest BCUT2D eigenvalue weighted by Crippen LogP contribution is 2.31. The van der Waals surface area contributed by atoms with Crippen molar-refractivity contribution >= 4 is 0 Å². The van der Waals surface area contributed by atoms with Crippen LogP contribution in [0, 0.1) is 11.8 Å². The molecule has 0 radical (unpaired) electrons. The van der Waals surface area contributed by atoms with Crippen molar-refractivity contribution in [2.24, 2.45) is 11.8 Å². The molecule has 1 aliphatic heterocycles. The van der Waals surface area contributed by atoms with Crippen LogP contribution in [0.5, 0.6) is 0 Å². The first-order valence-electron chi connectivity index (χ1n) is 7.67. The zero-order valence-corrected chi connectivity index (χ0v) is 12.2. The summed E-state index contributed by atoms with van der Waals surface area (Å²) in [5.41, 5.74) is 0. The zero-order valence-electron chi connectivity index (χ0n) is 12.2. The van der Waals surface area contributed by atoms with Crippen LogP contribution >= 0.6 is 0 Å². The minimum Gasteiger partial charge on any atom is -0.376 e. The van der Waals surface area contributed by atoms with Gasteiger partial charge in [-0.2, -0.15) is 0 Å². The first kappa shape index (κ1) is 14.3. The summed E-state index contributed by atoms with van der Waals surface area (Å²) >= 11 is 0. The number of likely N-dealkylation sites (N-methyl/N-ethyl adjacent to an activating group) is 1. The molecule has 2 rings (SSSR count). The minimum atomic E-state index is 0.346. The van der Waals surface area contributed by atoms with Crippen molar-refractivity contribution < 1.29 is 9.47 Å². The smallest absolute Gasteiger partial charge is 0.0809 e. The van der Waals surface area contributed by atoms with Crippen LogP contribution in [-0.4, -0.2) is 38.0 Å².